The molecule has 0 aromatic rings. The van der Waals surface area contributed by atoms with Crippen LogP contribution in [0.1, 0.15) is 33.1 Å². The first-order valence-corrected chi connectivity index (χ1v) is 9.66. The fourth-order valence-electron chi connectivity index (χ4n) is 1.99. The molecule has 16 heavy (non-hydrogen) atoms. The Balaban J connectivity index is 4.77. The Labute approximate surface area is 101 Å². The second kappa shape index (κ2) is 6.89. The van der Waals surface area contributed by atoms with E-state index in [-0.39, 0.29) is 11.5 Å². The van der Waals surface area contributed by atoms with Gasteiger partial charge in [-0.25, -0.2) is 0 Å². The molecule has 0 aromatic carbocycles. The maximum Gasteiger partial charge on any atom is 0.309 e. The molecule has 0 bridgehead atoms. The molecule has 0 aliphatic heterocycles. The molecule has 0 amide bonds. The summed E-state index contributed by atoms with van der Waals surface area (Å²) in [6.07, 6.45) is 5.67. The standard InChI is InChI=1S/C13H26O2Si/c1-7-8-9-10-11(2)12(13(14)15-3)16(4,5)6/h10,12H,7-9H2,1-6H3/b11-10-. The number of ether oxygens (including phenoxy) is 1. The lowest BCUT2D eigenvalue weighted by Crippen LogP contribution is -2.35. The number of carbonyl (C=O) groups is 1. The fraction of sp³-hybridized carbons (Fsp3) is 0.769. The smallest absolute Gasteiger partial charge is 0.309 e. The third kappa shape index (κ3) is 4.97. The Morgan fingerprint density at radius 3 is 2.31 bits per heavy atom. The number of hydrogen-bond acceptors (Lipinski definition) is 2. The van der Waals surface area contributed by atoms with Crippen molar-refractivity contribution in [1.29, 1.82) is 0 Å². The molecule has 0 radical (unpaired) electrons. The van der Waals surface area contributed by atoms with E-state index < -0.39 is 8.07 Å². The van der Waals surface area contributed by atoms with Crippen molar-refractivity contribution in [2.75, 3.05) is 7.11 Å². The molecule has 0 spiro atoms. The van der Waals surface area contributed by atoms with Crippen LogP contribution < -0.4 is 0 Å². The molecular formula is C13H26O2Si. The molecule has 0 aromatic heterocycles. The van der Waals surface area contributed by atoms with Crippen molar-refractivity contribution in [1.82, 2.24) is 0 Å². The van der Waals surface area contributed by atoms with Gasteiger partial charge in [-0.2, -0.15) is 0 Å². The maximum absolute atomic E-state index is 11.8. The van der Waals surface area contributed by atoms with Gasteiger partial charge < -0.3 is 4.74 Å². The zero-order valence-electron chi connectivity index (χ0n) is 11.6. The van der Waals surface area contributed by atoms with Crippen LogP contribution in [0.2, 0.25) is 25.2 Å². The zero-order chi connectivity index (χ0) is 12.8. The number of unbranched alkanes of at least 4 members (excludes halogenated alkanes) is 2. The maximum atomic E-state index is 11.8. The van der Waals surface area contributed by atoms with E-state index in [1.165, 1.54) is 25.5 Å². The lowest BCUT2D eigenvalue weighted by atomic mass is 10.1. The van der Waals surface area contributed by atoms with Crippen LogP contribution in [-0.4, -0.2) is 21.2 Å². The van der Waals surface area contributed by atoms with Gasteiger partial charge in [-0.05, 0) is 13.3 Å². The monoisotopic (exact) mass is 242 g/mol. The SMILES string of the molecule is CCCC/C=C(/C)C(C(=O)OC)[Si](C)(C)C. The van der Waals surface area contributed by atoms with Crippen molar-refractivity contribution >= 4 is 14.0 Å². The molecular weight excluding hydrogens is 216 g/mol. The molecule has 0 aliphatic rings. The van der Waals surface area contributed by atoms with Gasteiger partial charge in [0.15, 0.2) is 0 Å². The summed E-state index contributed by atoms with van der Waals surface area (Å²) in [4.78, 5) is 11.8. The van der Waals surface area contributed by atoms with Gasteiger partial charge in [-0.1, -0.05) is 51.1 Å². The lowest BCUT2D eigenvalue weighted by molar-refractivity contribution is -0.139. The van der Waals surface area contributed by atoms with Crippen LogP contribution >= 0.6 is 0 Å². The normalized spacial score (nSPS) is 14.8. The Bertz CT molecular complexity index is 251. The summed E-state index contributed by atoms with van der Waals surface area (Å²) in [6, 6.07) is 0. The van der Waals surface area contributed by atoms with Gasteiger partial charge in [0.05, 0.1) is 20.7 Å². The molecule has 0 saturated heterocycles. The Kier molecular flexibility index (Phi) is 6.64. The topological polar surface area (TPSA) is 26.3 Å². The summed E-state index contributed by atoms with van der Waals surface area (Å²) >= 11 is 0. The molecule has 0 N–H and O–H groups in total. The van der Waals surface area contributed by atoms with E-state index >= 15 is 0 Å². The Hall–Kier alpha value is -0.573. The van der Waals surface area contributed by atoms with E-state index in [1.807, 2.05) is 0 Å². The average Bonchev–Trinajstić information content (AvgIpc) is 2.16. The minimum atomic E-state index is -1.54. The zero-order valence-corrected chi connectivity index (χ0v) is 12.6. The molecule has 2 nitrogen and oxygen atoms in total. The highest BCUT2D eigenvalue weighted by molar-refractivity contribution is 6.81. The first-order chi connectivity index (χ1) is 7.34. The fourth-order valence-corrected chi connectivity index (χ4v) is 4.30. The molecule has 3 heteroatoms. The minimum Gasteiger partial charge on any atom is -0.469 e. The predicted octanol–water partition coefficient (Wildman–Crippen LogP) is 4.00. The molecule has 1 atom stereocenters. The Morgan fingerprint density at radius 1 is 1.38 bits per heavy atom. The number of carbonyl (C=O) groups excluding carboxylic acids is 1. The van der Waals surface area contributed by atoms with Gasteiger partial charge in [0, 0.05) is 0 Å². The van der Waals surface area contributed by atoms with Gasteiger partial charge in [0.1, 0.15) is 0 Å². The summed E-state index contributed by atoms with van der Waals surface area (Å²) in [5.74, 6) is -0.0654. The molecule has 0 aliphatic carbocycles. The number of esters is 1. The van der Waals surface area contributed by atoms with Crippen LogP contribution in [0.5, 0.6) is 0 Å². The summed E-state index contributed by atoms with van der Waals surface area (Å²) in [5.41, 5.74) is 1.20. The number of rotatable bonds is 6. The molecule has 94 valence electrons. The van der Waals surface area contributed by atoms with Gasteiger partial charge in [0.2, 0.25) is 0 Å². The Morgan fingerprint density at radius 2 is 1.94 bits per heavy atom. The highest BCUT2D eigenvalue weighted by atomic mass is 28.3. The number of allylic oxidation sites excluding steroid dienone is 1. The highest BCUT2D eigenvalue weighted by Crippen LogP contribution is 2.31. The first-order valence-electron chi connectivity index (χ1n) is 6.09. The van der Waals surface area contributed by atoms with Crippen molar-refractivity contribution in [3.8, 4) is 0 Å². The van der Waals surface area contributed by atoms with Gasteiger partial charge in [-0.15, -0.1) is 0 Å². The third-order valence-electron chi connectivity index (χ3n) is 2.78. The number of hydrogen-bond donors (Lipinski definition) is 0. The van der Waals surface area contributed by atoms with Crippen molar-refractivity contribution in [3.63, 3.8) is 0 Å². The van der Waals surface area contributed by atoms with E-state index in [4.69, 9.17) is 4.74 Å². The van der Waals surface area contributed by atoms with Gasteiger partial charge in [-0.3, -0.25) is 4.79 Å². The number of methoxy groups -OCH3 is 1. The van der Waals surface area contributed by atoms with Crippen LogP contribution in [0.15, 0.2) is 11.6 Å². The van der Waals surface area contributed by atoms with Crippen LogP contribution in [0, 0.1) is 0 Å². The summed E-state index contributed by atoms with van der Waals surface area (Å²) in [5, 5.41) is 0. The van der Waals surface area contributed by atoms with Crippen LogP contribution in [0.4, 0.5) is 0 Å². The first kappa shape index (κ1) is 15.4. The molecule has 0 rings (SSSR count). The lowest BCUT2D eigenvalue weighted by Gasteiger charge is -2.27. The van der Waals surface area contributed by atoms with Gasteiger partial charge in [0.25, 0.3) is 0 Å². The van der Waals surface area contributed by atoms with Crippen molar-refractivity contribution in [2.45, 2.75) is 58.3 Å². The molecule has 0 saturated carbocycles. The predicted molar refractivity (Wildman–Crippen MR) is 72.4 cm³/mol. The van der Waals surface area contributed by atoms with E-state index in [2.05, 4.69) is 39.6 Å². The van der Waals surface area contributed by atoms with E-state index in [9.17, 15) is 4.79 Å². The van der Waals surface area contributed by atoms with E-state index in [0.29, 0.717) is 0 Å². The highest BCUT2D eigenvalue weighted by Gasteiger charge is 2.34. The quantitative estimate of drug-likeness (QED) is 0.304. The molecule has 0 fully saturated rings. The second-order valence-electron chi connectivity index (χ2n) is 5.41. The van der Waals surface area contributed by atoms with Crippen LogP contribution in [-0.2, 0) is 9.53 Å². The summed E-state index contributed by atoms with van der Waals surface area (Å²) < 4.78 is 4.92. The minimum absolute atomic E-state index is 0.00866. The summed E-state index contributed by atoms with van der Waals surface area (Å²) in [6.45, 7) is 10.9. The average molecular weight is 242 g/mol. The van der Waals surface area contributed by atoms with Crippen molar-refractivity contribution in [2.24, 2.45) is 0 Å². The summed E-state index contributed by atoms with van der Waals surface area (Å²) in [7, 11) is -0.0558. The van der Waals surface area contributed by atoms with Gasteiger partial charge >= 0.3 is 5.97 Å². The molecule has 1 unspecified atom stereocenters. The van der Waals surface area contributed by atoms with E-state index in [1.54, 1.807) is 0 Å². The second-order valence-corrected chi connectivity index (χ2v) is 10.7. The van der Waals surface area contributed by atoms with Crippen LogP contribution in [0.25, 0.3) is 0 Å². The van der Waals surface area contributed by atoms with Crippen molar-refractivity contribution < 1.29 is 9.53 Å². The van der Waals surface area contributed by atoms with E-state index in [0.717, 1.165) is 6.42 Å². The van der Waals surface area contributed by atoms with Crippen LogP contribution in [0.3, 0.4) is 0 Å². The van der Waals surface area contributed by atoms with Crippen molar-refractivity contribution in [3.05, 3.63) is 11.6 Å². The largest absolute Gasteiger partial charge is 0.469 e. The third-order valence-corrected chi connectivity index (χ3v) is 5.21. The molecule has 0 heterocycles.